The van der Waals surface area contributed by atoms with E-state index in [4.69, 9.17) is 16.2 Å². The third-order valence-electron chi connectivity index (χ3n) is 1.94. The summed E-state index contributed by atoms with van der Waals surface area (Å²) in [6.07, 6.45) is 0. The number of rotatable bonds is 3. The molecule has 0 radical (unpaired) electrons. The molecule has 0 amide bonds. The molecule has 0 bridgehead atoms. The molecule has 0 aromatic heterocycles. The second-order valence-corrected chi connectivity index (χ2v) is 6.72. The lowest BCUT2D eigenvalue weighted by molar-refractivity contribution is 0.609. The van der Waals surface area contributed by atoms with Crippen molar-refractivity contribution in [2.24, 2.45) is 5.11 Å². The van der Waals surface area contributed by atoms with Gasteiger partial charge in [-0.15, -0.1) is 0 Å². The fourth-order valence-corrected chi connectivity index (χ4v) is 3.29. The molecule has 0 saturated heterocycles. The highest BCUT2D eigenvalue weighted by Gasteiger charge is 2.16. The van der Waals surface area contributed by atoms with E-state index in [9.17, 15) is 8.42 Å². The minimum absolute atomic E-state index is 0.0595. The van der Waals surface area contributed by atoms with Crippen molar-refractivity contribution in [1.29, 1.82) is 0 Å². The van der Waals surface area contributed by atoms with Gasteiger partial charge in [0.15, 0.2) is 0 Å². The lowest BCUT2D eigenvalue weighted by Gasteiger charge is -2.07. The Labute approximate surface area is 111 Å². The van der Waals surface area contributed by atoms with Crippen molar-refractivity contribution in [2.45, 2.75) is 18.4 Å². The Balaban J connectivity index is 3.39. The van der Waals surface area contributed by atoms with E-state index < -0.39 is 9.05 Å². The molecule has 1 aromatic rings. The van der Waals surface area contributed by atoms with E-state index in [0.717, 1.165) is 3.57 Å². The lowest BCUT2D eigenvalue weighted by Crippen LogP contribution is -1.99. The summed E-state index contributed by atoms with van der Waals surface area (Å²) in [5, 5.41) is 3.38. The van der Waals surface area contributed by atoms with Crippen LogP contribution in [0.1, 0.15) is 11.1 Å². The smallest absolute Gasteiger partial charge is 0.207 e. The summed E-state index contributed by atoms with van der Waals surface area (Å²) in [5.74, 6) is 0. The number of hydrogen-bond donors (Lipinski definition) is 0. The van der Waals surface area contributed by atoms with E-state index in [1.165, 1.54) is 6.07 Å². The SMILES string of the molecule is Cc1c(I)cc(CN=[N+]=[N-])cc1S(=O)(=O)Cl. The fraction of sp³-hybridized carbons (Fsp3) is 0.250. The Hall–Kier alpha value is -0.500. The van der Waals surface area contributed by atoms with Gasteiger partial charge in [0.2, 0.25) is 0 Å². The summed E-state index contributed by atoms with van der Waals surface area (Å²) in [6.45, 7) is 1.78. The second-order valence-electron chi connectivity index (χ2n) is 3.03. The molecule has 8 heteroatoms. The van der Waals surface area contributed by atoms with Crippen molar-refractivity contribution in [3.63, 3.8) is 0 Å². The van der Waals surface area contributed by atoms with Crippen LogP contribution in [0, 0.1) is 10.5 Å². The summed E-state index contributed by atoms with van der Waals surface area (Å²) >= 11 is 2.01. The highest BCUT2D eigenvalue weighted by molar-refractivity contribution is 14.1. The molecule has 0 aliphatic carbocycles. The van der Waals surface area contributed by atoms with Crippen molar-refractivity contribution in [1.82, 2.24) is 0 Å². The van der Waals surface area contributed by atoms with E-state index in [-0.39, 0.29) is 11.4 Å². The van der Waals surface area contributed by atoms with Gasteiger partial charge in [0, 0.05) is 19.2 Å². The summed E-state index contributed by atoms with van der Waals surface area (Å²) in [6, 6.07) is 3.19. The zero-order chi connectivity index (χ0) is 12.3. The summed E-state index contributed by atoms with van der Waals surface area (Å²) in [5.41, 5.74) is 9.41. The molecule has 0 heterocycles. The second kappa shape index (κ2) is 5.22. The first-order chi connectivity index (χ1) is 7.36. The van der Waals surface area contributed by atoms with Crippen LogP contribution in [0.25, 0.3) is 10.4 Å². The molecule has 86 valence electrons. The third kappa shape index (κ3) is 3.24. The van der Waals surface area contributed by atoms with E-state index in [1.54, 1.807) is 13.0 Å². The highest BCUT2D eigenvalue weighted by Crippen LogP contribution is 2.26. The van der Waals surface area contributed by atoms with Crippen molar-refractivity contribution in [3.8, 4) is 0 Å². The van der Waals surface area contributed by atoms with Crippen LogP contribution in [-0.4, -0.2) is 8.42 Å². The van der Waals surface area contributed by atoms with Crippen molar-refractivity contribution in [2.75, 3.05) is 0 Å². The molecule has 1 aromatic carbocycles. The van der Waals surface area contributed by atoms with E-state index in [1.807, 2.05) is 22.6 Å². The molecule has 0 atom stereocenters. The Kier molecular flexibility index (Phi) is 4.43. The van der Waals surface area contributed by atoms with Gasteiger partial charge in [-0.05, 0) is 58.3 Å². The molecule has 0 spiro atoms. The highest BCUT2D eigenvalue weighted by atomic mass is 127. The molecule has 0 unspecified atom stereocenters. The van der Waals surface area contributed by atoms with Crippen LogP contribution in [0.2, 0.25) is 0 Å². The average molecular weight is 372 g/mol. The van der Waals surface area contributed by atoms with Crippen LogP contribution in [0.4, 0.5) is 0 Å². The van der Waals surface area contributed by atoms with Gasteiger partial charge < -0.3 is 0 Å². The molecule has 1 rings (SSSR count). The standard InChI is InChI=1S/C8H7ClIN3O2S/c1-5-7(10)2-6(4-12-13-11)3-8(5)16(9,14)15/h2-3H,4H2,1H3. The molecule has 0 aliphatic rings. The largest absolute Gasteiger partial charge is 0.261 e. The molecule has 0 saturated carbocycles. The Morgan fingerprint density at radius 2 is 2.19 bits per heavy atom. The van der Waals surface area contributed by atoms with E-state index in [2.05, 4.69) is 10.0 Å². The number of nitrogens with zero attached hydrogens (tertiary/aromatic N) is 3. The summed E-state index contributed by atoms with van der Waals surface area (Å²) < 4.78 is 23.3. The maximum atomic E-state index is 11.3. The number of halogens is 2. The van der Waals surface area contributed by atoms with Gasteiger partial charge in [-0.25, -0.2) is 8.42 Å². The first kappa shape index (κ1) is 13.6. The molecule has 0 N–H and O–H groups in total. The van der Waals surface area contributed by atoms with Crippen LogP contribution < -0.4 is 0 Å². The molecule has 5 nitrogen and oxygen atoms in total. The average Bonchev–Trinajstić information content (AvgIpc) is 2.17. The van der Waals surface area contributed by atoms with Crippen LogP contribution in [-0.2, 0) is 15.6 Å². The number of azide groups is 1. The van der Waals surface area contributed by atoms with Gasteiger partial charge >= 0.3 is 0 Å². The van der Waals surface area contributed by atoms with E-state index >= 15 is 0 Å². The van der Waals surface area contributed by atoms with Gasteiger partial charge in [0.25, 0.3) is 9.05 Å². The van der Waals surface area contributed by atoms with Crippen molar-refractivity contribution < 1.29 is 8.42 Å². The van der Waals surface area contributed by atoms with Crippen LogP contribution in [0.3, 0.4) is 0 Å². The van der Waals surface area contributed by atoms with Gasteiger partial charge in [-0.1, -0.05) is 5.11 Å². The van der Waals surface area contributed by atoms with Crippen LogP contribution >= 0.6 is 33.3 Å². The van der Waals surface area contributed by atoms with Gasteiger partial charge in [-0.2, -0.15) is 0 Å². The Bertz CT molecular complexity index is 567. The minimum Gasteiger partial charge on any atom is -0.207 e. The third-order valence-corrected chi connectivity index (χ3v) is 4.50. The summed E-state index contributed by atoms with van der Waals surface area (Å²) in [7, 11) is 1.54. The minimum atomic E-state index is -3.77. The maximum Gasteiger partial charge on any atom is 0.261 e. The predicted octanol–water partition coefficient (Wildman–Crippen LogP) is 3.34. The molecule has 16 heavy (non-hydrogen) atoms. The van der Waals surface area contributed by atoms with Crippen LogP contribution in [0.15, 0.2) is 22.1 Å². The first-order valence-electron chi connectivity index (χ1n) is 4.11. The Morgan fingerprint density at radius 1 is 1.56 bits per heavy atom. The topological polar surface area (TPSA) is 82.9 Å². The fourth-order valence-electron chi connectivity index (χ4n) is 1.16. The summed E-state index contributed by atoms with van der Waals surface area (Å²) in [4.78, 5) is 2.67. The number of benzene rings is 1. The quantitative estimate of drug-likeness (QED) is 0.268. The normalized spacial score (nSPS) is 10.9. The number of hydrogen-bond acceptors (Lipinski definition) is 3. The van der Waals surface area contributed by atoms with Crippen molar-refractivity contribution >= 4 is 42.3 Å². The van der Waals surface area contributed by atoms with Gasteiger partial charge in [0.1, 0.15) is 0 Å². The molecule has 0 fully saturated rings. The van der Waals surface area contributed by atoms with Gasteiger partial charge in [-0.3, -0.25) is 0 Å². The maximum absolute atomic E-state index is 11.3. The van der Waals surface area contributed by atoms with Crippen molar-refractivity contribution in [3.05, 3.63) is 37.3 Å². The van der Waals surface area contributed by atoms with Crippen LogP contribution in [0.5, 0.6) is 0 Å². The zero-order valence-corrected chi connectivity index (χ0v) is 11.9. The first-order valence-corrected chi connectivity index (χ1v) is 7.49. The van der Waals surface area contributed by atoms with Gasteiger partial charge in [0.05, 0.1) is 11.4 Å². The lowest BCUT2D eigenvalue weighted by atomic mass is 10.1. The van der Waals surface area contributed by atoms with E-state index in [0.29, 0.717) is 11.1 Å². The monoisotopic (exact) mass is 371 g/mol. The zero-order valence-electron chi connectivity index (χ0n) is 8.18. The predicted molar refractivity (Wildman–Crippen MR) is 69.8 cm³/mol. The molecular formula is C8H7ClIN3O2S. The Morgan fingerprint density at radius 3 is 2.69 bits per heavy atom. The molecule has 0 aliphatic heterocycles. The molecular weight excluding hydrogens is 365 g/mol.